The van der Waals surface area contributed by atoms with Crippen molar-refractivity contribution in [1.82, 2.24) is 0 Å². The van der Waals surface area contributed by atoms with Gasteiger partial charge in [0.2, 0.25) is 0 Å². The standard InChI is InChI=1S/C46H96NO.ClH/c1-4-7-9-11-13-15-17-19-21-23-25-27-29-31-33-35-37-39-41-43-45-47(48,6-3)46-44-42-40-38-36-34-32-30-28-26-24-22-20-18-16-14-12-10-8-5-2;/h48H,4-46H2,1-3H3;1H/q+1;/p-1. The molecule has 0 heterocycles. The largest absolute Gasteiger partial charge is 1.00 e. The zero-order valence-corrected chi connectivity index (χ0v) is 35.4. The van der Waals surface area contributed by atoms with Crippen molar-refractivity contribution in [2.24, 2.45) is 0 Å². The van der Waals surface area contributed by atoms with Gasteiger partial charge >= 0.3 is 0 Å². The molecule has 0 aromatic carbocycles. The molecular formula is C46H96ClNO. The Morgan fingerprint density at radius 3 is 0.531 bits per heavy atom. The number of rotatable bonds is 43. The monoisotopic (exact) mass is 714 g/mol. The van der Waals surface area contributed by atoms with Crippen LogP contribution in [-0.2, 0) is 0 Å². The lowest BCUT2D eigenvalue weighted by molar-refractivity contribution is -1.10. The lowest BCUT2D eigenvalue weighted by atomic mass is 10.0. The Bertz CT molecular complexity index is 525. The molecule has 0 aliphatic carbocycles. The smallest absolute Gasteiger partial charge is 0.109 e. The number of hydrogen-bond donors (Lipinski definition) is 1. The number of hydroxylamine groups is 3. The first-order valence-corrected chi connectivity index (χ1v) is 23.3. The third-order valence-electron chi connectivity index (χ3n) is 11.4. The molecule has 298 valence electrons. The van der Waals surface area contributed by atoms with E-state index in [2.05, 4.69) is 20.8 Å². The van der Waals surface area contributed by atoms with Gasteiger partial charge in [0, 0.05) is 0 Å². The highest BCUT2D eigenvalue weighted by Gasteiger charge is 2.21. The van der Waals surface area contributed by atoms with E-state index >= 15 is 0 Å². The van der Waals surface area contributed by atoms with Crippen molar-refractivity contribution in [2.75, 3.05) is 19.6 Å². The summed E-state index contributed by atoms with van der Waals surface area (Å²) in [5.74, 6) is 0. The zero-order chi connectivity index (χ0) is 34.9. The summed E-state index contributed by atoms with van der Waals surface area (Å²) >= 11 is 0. The van der Waals surface area contributed by atoms with Crippen LogP contribution in [0.5, 0.6) is 0 Å². The van der Waals surface area contributed by atoms with E-state index in [1.165, 1.54) is 257 Å². The van der Waals surface area contributed by atoms with Crippen LogP contribution < -0.4 is 12.4 Å². The van der Waals surface area contributed by atoms with Crippen molar-refractivity contribution in [3.63, 3.8) is 0 Å². The van der Waals surface area contributed by atoms with Crippen LogP contribution in [0.15, 0.2) is 0 Å². The van der Waals surface area contributed by atoms with E-state index in [9.17, 15) is 5.21 Å². The molecule has 0 aromatic rings. The average Bonchev–Trinajstić information content (AvgIpc) is 3.10. The maximum atomic E-state index is 11.1. The quantitative estimate of drug-likeness (QED) is 0.0379. The van der Waals surface area contributed by atoms with Crippen molar-refractivity contribution in [3.05, 3.63) is 0 Å². The predicted octanol–water partition coefficient (Wildman–Crippen LogP) is 13.9. The summed E-state index contributed by atoms with van der Waals surface area (Å²) in [7, 11) is 0. The second kappa shape index (κ2) is 44.4. The summed E-state index contributed by atoms with van der Waals surface area (Å²) in [6.07, 6.45) is 57.0. The first kappa shape index (κ1) is 51.3. The van der Waals surface area contributed by atoms with Gasteiger partial charge in [0.25, 0.3) is 0 Å². The van der Waals surface area contributed by atoms with Gasteiger partial charge in [-0.25, -0.2) is 5.21 Å². The fourth-order valence-corrected chi connectivity index (χ4v) is 7.75. The van der Waals surface area contributed by atoms with E-state index in [4.69, 9.17) is 0 Å². The van der Waals surface area contributed by atoms with Crippen LogP contribution in [0.3, 0.4) is 0 Å². The third-order valence-corrected chi connectivity index (χ3v) is 11.4. The second-order valence-electron chi connectivity index (χ2n) is 16.3. The van der Waals surface area contributed by atoms with Gasteiger partial charge in [-0.3, -0.25) is 0 Å². The highest BCUT2D eigenvalue weighted by molar-refractivity contribution is 4.53. The van der Waals surface area contributed by atoms with Gasteiger partial charge in [0.15, 0.2) is 0 Å². The Balaban J connectivity index is 0. The maximum absolute atomic E-state index is 11.1. The first-order valence-electron chi connectivity index (χ1n) is 23.3. The Morgan fingerprint density at radius 1 is 0.245 bits per heavy atom. The van der Waals surface area contributed by atoms with Crippen molar-refractivity contribution < 1.29 is 22.3 Å². The minimum absolute atomic E-state index is 0. The molecule has 0 atom stereocenters. The highest BCUT2D eigenvalue weighted by Crippen LogP contribution is 2.18. The van der Waals surface area contributed by atoms with E-state index < -0.39 is 0 Å². The van der Waals surface area contributed by atoms with Gasteiger partial charge < -0.3 is 12.4 Å². The molecule has 0 spiro atoms. The number of unbranched alkanes of at least 4 members (excludes halogenated alkanes) is 38. The molecule has 0 rings (SSSR count). The molecule has 0 saturated heterocycles. The minimum Gasteiger partial charge on any atom is -1.00 e. The van der Waals surface area contributed by atoms with Crippen molar-refractivity contribution in [3.8, 4) is 0 Å². The average molecular weight is 715 g/mol. The van der Waals surface area contributed by atoms with Crippen LogP contribution in [0.2, 0.25) is 0 Å². The van der Waals surface area contributed by atoms with Crippen LogP contribution in [-0.4, -0.2) is 29.5 Å². The van der Waals surface area contributed by atoms with E-state index in [0.29, 0.717) is 4.65 Å². The van der Waals surface area contributed by atoms with E-state index in [1.807, 2.05) is 0 Å². The molecule has 0 bridgehead atoms. The summed E-state index contributed by atoms with van der Waals surface area (Å²) in [5, 5.41) is 11.1. The number of quaternary nitrogens is 1. The Hall–Kier alpha value is 0.210. The van der Waals surface area contributed by atoms with Gasteiger partial charge in [0.05, 0.1) is 0 Å². The Morgan fingerprint density at radius 2 is 0.388 bits per heavy atom. The molecule has 1 N–H and O–H groups in total. The lowest BCUT2D eigenvalue weighted by Crippen LogP contribution is -3.00. The molecule has 0 aliphatic heterocycles. The Kier molecular flexibility index (Phi) is 46.5. The van der Waals surface area contributed by atoms with Gasteiger partial charge in [-0.05, 0) is 32.6 Å². The fraction of sp³-hybridized carbons (Fsp3) is 1.00. The summed E-state index contributed by atoms with van der Waals surface area (Å²) in [5.41, 5.74) is 0. The summed E-state index contributed by atoms with van der Waals surface area (Å²) in [6.45, 7) is 9.59. The van der Waals surface area contributed by atoms with Crippen LogP contribution in [0.1, 0.15) is 278 Å². The molecular weight excluding hydrogens is 618 g/mol. The molecule has 0 unspecified atom stereocenters. The zero-order valence-electron chi connectivity index (χ0n) is 34.7. The second-order valence-corrected chi connectivity index (χ2v) is 16.3. The molecule has 0 fully saturated rings. The SMILES string of the molecule is CCCCCCCCCCCCCCCCCCCCCC[N+](O)(CC)CCCCCCCCCCCCCCCCCCCCCC.[Cl-]. The van der Waals surface area contributed by atoms with Gasteiger partial charge in [0.1, 0.15) is 19.6 Å². The van der Waals surface area contributed by atoms with Gasteiger partial charge in [-0.15, -0.1) is 0 Å². The first-order chi connectivity index (χ1) is 23.7. The van der Waals surface area contributed by atoms with E-state index in [0.717, 1.165) is 19.6 Å². The summed E-state index contributed by atoms with van der Waals surface area (Å²) < 4.78 is 0.318. The Labute approximate surface area is 318 Å². The third kappa shape index (κ3) is 42.5. The highest BCUT2D eigenvalue weighted by atomic mass is 35.5. The van der Waals surface area contributed by atoms with Crippen molar-refractivity contribution >= 4 is 0 Å². The summed E-state index contributed by atoms with van der Waals surface area (Å²) in [4.78, 5) is 0. The predicted molar refractivity (Wildman–Crippen MR) is 218 cm³/mol. The van der Waals surface area contributed by atoms with Gasteiger partial charge in [-0.1, -0.05) is 245 Å². The molecule has 3 heteroatoms. The molecule has 0 aromatic heterocycles. The molecule has 2 nitrogen and oxygen atoms in total. The van der Waals surface area contributed by atoms with Crippen LogP contribution >= 0.6 is 0 Å². The maximum Gasteiger partial charge on any atom is 0.109 e. The molecule has 0 amide bonds. The normalized spacial score (nSPS) is 11.8. The number of halogens is 1. The van der Waals surface area contributed by atoms with E-state index in [1.54, 1.807) is 0 Å². The molecule has 0 radical (unpaired) electrons. The van der Waals surface area contributed by atoms with Gasteiger partial charge in [-0.2, -0.15) is 4.65 Å². The van der Waals surface area contributed by atoms with Crippen LogP contribution in [0.4, 0.5) is 0 Å². The molecule has 49 heavy (non-hydrogen) atoms. The topological polar surface area (TPSA) is 20.2 Å². The summed E-state index contributed by atoms with van der Waals surface area (Å²) in [6, 6.07) is 0. The molecule has 0 saturated carbocycles. The van der Waals surface area contributed by atoms with Crippen LogP contribution in [0.25, 0.3) is 0 Å². The fourth-order valence-electron chi connectivity index (χ4n) is 7.75. The van der Waals surface area contributed by atoms with E-state index in [-0.39, 0.29) is 12.4 Å². The van der Waals surface area contributed by atoms with Crippen molar-refractivity contribution in [1.29, 1.82) is 0 Å². The minimum atomic E-state index is 0. The lowest BCUT2D eigenvalue weighted by Gasteiger charge is -2.29. The number of hydrogen-bond acceptors (Lipinski definition) is 1. The van der Waals surface area contributed by atoms with Crippen LogP contribution in [0, 0.1) is 0 Å². The molecule has 0 aliphatic rings. The number of nitrogens with zero attached hydrogens (tertiary/aromatic N) is 1. The van der Waals surface area contributed by atoms with Crippen molar-refractivity contribution in [2.45, 2.75) is 278 Å².